The molecule has 0 fully saturated rings. The van der Waals surface area contributed by atoms with Crippen molar-refractivity contribution in [3.8, 4) is 0 Å². The summed E-state index contributed by atoms with van der Waals surface area (Å²) in [6.45, 7) is 6.32. The second-order valence-corrected chi connectivity index (χ2v) is 18.1. The summed E-state index contributed by atoms with van der Waals surface area (Å²) in [7, 11) is 0. The van der Waals surface area contributed by atoms with E-state index in [1.54, 1.807) is 0 Å². The molecule has 0 aromatic carbocycles. The van der Waals surface area contributed by atoms with Crippen molar-refractivity contribution in [3.63, 3.8) is 0 Å². The first-order chi connectivity index (χ1) is 34.0. The Hall–Kier alpha value is -4.19. The molecule has 0 bridgehead atoms. The Morgan fingerprint density at radius 3 is 0.986 bits per heavy atom. The smallest absolute Gasteiger partial charge is 0.306 e. The van der Waals surface area contributed by atoms with E-state index in [2.05, 4.69) is 136 Å². The third kappa shape index (κ3) is 54.6. The van der Waals surface area contributed by atoms with Crippen LogP contribution < -0.4 is 0 Å². The number of ether oxygens (including phenoxy) is 3. The van der Waals surface area contributed by atoms with E-state index in [-0.39, 0.29) is 44.0 Å². The lowest BCUT2D eigenvalue weighted by Crippen LogP contribution is -2.30. The molecule has 0 N–H and O–H groups in total. The number of rotatable bonds is 49. The van der Waals surface area contributed by atoms with Crippen molar-refractivity contribution < 1.29 is 28.6 Å². The van der Waals surface area contributed by atoms with E-state index >= 15 is 0 Å². The van der Waals surface area contributed by atoms with E-state index in [4.69, 9.17) is 14.2 Å². The molecule has 0 heterocycles. The first kappa shape index (κ1) is 64.8. The molecule has 69 heavy (non-hydrogen) atoms. The number of allylic oxidation sites excluding steroid dienone is 20. The van der Waals surface area contributed by atoms with Crippen LogP contribution in [-0.2, 0) is 28.6 Å². The minimum Gasteiger partial charge on any atom is -0.462 e. The van der Waals surface area contributed by atoms with Gasteiger partial charge in [0.1, 0.15) is 13.2 Å². The fourth-order valence-electron chi connectivity index (χ4n) is 7.30. The molecule has 0 aromatic rings. The fourth-order valence-corrected chi connectivity index (χ4v) is 7.30. The Labute approximate surface area is 424 Å². The maximum atomic E-state index is 12.8. The second kappa shape index (κ2) is 56.4. The summed E-state index contributed by atoms with van der Waals surface area (Å²) in [5.41, 5.74) is 0. The van der Waals surface area contributed by atoms with Gasteiger partial charge in [0.15, 0.2) is 6.10 Å². The Morgan fingerprint density at radius 2 is 0.594 bits per heavy atom. The highest BCUT2D eigenvalue weighted by atomic mass is 16.6. The van der Waals surface area contributed by atoms with Gasteiger partial charge in [-0.15, -0.1) is 0 Å². The van der Waals surface area contributed by atoms with E-state index in [1.165, 1.54) is 77.0 Å². The summed E-state index contributed by atoms with van der Waals surface area (Å²) < 4.78 is 16.8. The summed E-state index contributed by atoms with van der Waals surface area (Å²) in [5.74, 6) is -1.03. The first-order valence-corrected chi connectivity index (χ1v) is 28.0. The largest absolute Gasteiger partial charge is 0.462 e. The molecule has 6 nitrogen and oxygen atoms in total. The molecule has 390 valence electrons. The number of carbonyl (C=O) groups is 3. The van der Waals surface area contributed by atoms with Crippen LogP contribution in [0.1, 0.15) is 239 Å². The molecule has 0 amide bonds. The number of hydrogen-bond acceptors (Lipinski definition) is 6. The third-order valence-electron chi connectivity index (χ3n) is 11.4. The van der Waals surface area contributed by atoms with Crippen molar-refractivity contribution in [1.29, 1.82) is 0 Å². The maximum absolute atomic E-state index is 12.8. The van der Waals surface area contributed by atoms with E-state index in [9.17, 15) is 14.4 Å². The van der Waals surface area contributed by atoms with Crippen molar-refractivity contribution in [2.75, 3.05) is 13.2 Å². The highest BCUT2D eigenvalue weighted by Gasteiger charge is 2.19. The molecule has 0 aliphatic carbocycles. The first-order valence-electron chi connectivity index (χ1n) is 28.0. The maximum Gasteiger partial charge on any atom is 0.306 e. The predicted molar refractivity (Wildman–Crippen MR) is 297 cm³/mol. The highest BCUT2D eigenvalue weighted by molar-refractivity contribution is 5.71. The van der Waals surface area contributed by atoms with Gasteiger partial charge in [-0.1, -0.05) is 226 Å². The van der Waals surface area contributed by atoms with E-state index in [1.807, 2.05) is 6.08 Å². The molecule has 0 saturated heterocycles. The molecule has 0 rings (SSSR count). The Kier molecular flexibility index (Phi) is 53.0. The lowest BCUT2D eigenvalue weighted by molar-refractivity contribution is -0.166. The quantitative estimate of drug-likeness (QED) is 0.0262. The Bertz CT molecular complexity index is 1470. The van der Waals surface area contributed by atoms with Crippen molar-refractivity contribution in [2.24, 2.45) is 0 Å². The zero-order valence-corrected chi connectivity index (χ0v) is 44.5. The fraction of sp³-hybridized carbons (Fsp3) is 0.635. The van der Waals surface area contributed by atoms with Crippen LogP contribution >= 0.6 is 0 Å². The van der Waals surface area contributed by atoms with Gasteiger partial charge in [0.05, 0.1) is 0 Å². The van der Waals surface area contributed by atoms with E-state index in [0.717, 1.165) is 116 Å². The second-order valence-electron chi connectivity index (χ2n) is 18.1. The monoisotopic (exact) mass is 955 g/mol. The van der Waals surface area contributed by atoms with E-state index < -0.39 is 6.10 Å². The molecule has 0 unspecified atom stereocenters. The van der Waals surface area contributed by atoms with Gasteiger partial charge in [-0.2, -0.15) is 0 Å². The van der Waals surface area contributed by atoms with Gasteiger partial charge in [-0.05, 0) is 116 Å². The number of hydrogen-bond donors (Lipinski definition) is 0. The molecule has 0 radical (unpaired) electrons. The number of unbranched alkanes of at least 4 members (excludes halogenated alkanes) is 18. The average Bonchev–Trinajstić information content (AvgIpc) is 3.35. The van der Waals surface area contributed by atoms with Crippen LogP contribution in [0.15, 0.2) is 122 Å². The van der Waals surface area contributed by atoms with Crippen LogP contribution in [0.5, 0.6) is 0 Å². The van der Waals surface area contributed by atoms with Crippen molar-refractivity contribution in [1.82, 2.24) is 0 Å². The molecule has 0 spiro atoms. The van der Waals surface area contributed by atoms with Crippen LogP contribution in [0, 0.1) is 0 Å². The Balaban J connectivity index is 4.54. The lowest BCUT2D eigenvalue weighted by Gasteiger charge is -2.18. The summed E-state index contributed by atoms with van der Waals surface area (Å²) in [5, 5.41) is 0. The molecular formula is C63H102O6. The van der Waals surface area contributed by atoms with Crippen LogP contribution in [0.3, 0.4) is 0 Å². The number of esters is 3. The molecule has 1 atom stereocenters. The normalized spacial score (nSPS) is 13.0. The summed E-state index contributed by atoms with van der Waals surface area (Å²) in [4.78, 5) is 38.1. The van der Waals surface area contributed by atoms with Crippen molar-refractivity contribution in [3.05, 3.63) is 122 Å². The average molecular weight is 956 g/mol. The van der Waals surface area contributed by atoms with Gasteiger partial charge >= 0.3 is 17.9 Å². The molecule has 0 aliphatic rings. The van der Waals surface area contributed by atoms with Gasteiger partial charge in [0.25, 0.3) is 0 Å². The topological polar surface area (TPSA) is 78.9 Å². The van der Waals surface area contributed by atoms with Gasteiger partial charge < -0.3 is 14.2 Å². The molecule has 6 heteroatoms. The third-order valence-corrected chi connectivity index (χ3v) is 11.4. The van der Waals surface area contributed by atoms with Crippen LogP contribution in [-0.4, -0.2) is 37.2 Å². The Morgan fingerprint density at radius 1 is 0.304 bits per heavy atom. The number of carbonyl (C=O) groups excluding carboxylic acids is 3. The van der Waals surface area contributed by atoms with Crippen molar-refractivity contribution in [2.45, 2.75) is 245 Å². The highest BCUT2D eigenvalue weighted by Crippen LogP contribution is 2.14. The lowest BCUT2D eigenvalue weighted by atomic mass is 10.1. The minimum atomic E-state index is -0.823. The molecular weight excluding hydrogens is 853 g/mol. The van der Waals surface area contributed by atoms with Gasteiger partial charge in [-0.3, -0.25) is 14.4 Å². The van der Waals surface area contributed by atoms with Crippen LogP contribution in [0.4, 0.5) is 0 Å². The van der Waals surface area contributed by atoms with Gasteiger partial charge in [-0.25, -0.2) is 0 Å². The van der Waals surface area contributed by atoms with Crippen LogP contribution in [0.2, 0.25) is 0 Å². The molecule has 0 aliphatic heterocycles. The SMILES string of the molecule is CC/C=C\C/C=C\C/C=C\C/C=C\C/C=C\C/C=C\CCC(=O)OC[C@H](COC(=O)CCCCCCCCC/C=C\CCCCCCCC)OC(=O)CCCCCCC/C=C\C/C=C\C/C=C\CC. The van der Waals surface area contributed by atoms with Gasteiger partial charge in [0, 0.05) is 19.3 Å². The minimum absolute atomic E-state index is 0.113. The standard InChI is InChI=1S/C63H102O6/c1-4-7-10-13-16-19-22-25-28-30-31-33-36-38-41-44-47-50-53-56-62(65)68-59-60(69-63(66)57-54-51-48-45-42-39-34-27-24-21-18-15-12-9-6-3)58-67-61(64)55-52-49-46-43-40-37-35-32-29-26-23-20-17-14-11-8-5-2/h7,9-10,12,16,18-19,21,25-29,31,33-34,38,41,47,50,60H,4-6,8,11,13-15,17,20,22-24,30,32,35-37,39-40,42-46,48-49,51-59H2,1-3H3/b10-7-,12-9-,19-16-,21-18-,28-25-,29-26-,33-31-,34-27-,41-38-,50-47-/t60-/m0/s1. The van der Waals surface area contributed by atoms with E-state index in [0.29, 0.717) is 12.8 Å². The zero-order valence-electron chi connectivity index (χ0n) is 44.5. The van der Waals surface area contributed by atoms with Crippen molar-refractivity contribution >= 4 is 17.9 Å². The summed E-state index contributed by atoms with van der Waals surface area (Å²) >= 11 is 0. The molecule has 0 aromatic heterocycles. The summed E-state index contributed by atoms with van der Waals surface area (Å²) in [6, 6.07) is 0. The predicted octanol–water partition coefficient (Wildman–Crippen LogP) is 18.9. The van der Waals surface area contributed by atoms with Gasteiger partial charge in [0.2, 0.25) is 0 Å². The zero-order chi connectivity index (χ0) is 50.0. The molecule has 0 saturated carbocycles. The van der Waals surface area contributed by atoms with Crippen LogP contribution in [0.25, 0.3) is 0 Å². The summed E-state index contributed by atoms with van der Waals surface area (Å²) in [6.07, 6.45) is 77.7.